The summed E-state index contributed by atoms with van der Waals surface area (Å²) in [6, 6.07) is 0. The van der Waals surface area contributed by atoms with Crippen molar-refractivity contribution in [2.75, 3.05) is 19.8 Å². The summed E-state index contributed by atoms with van der Waals surface area (Å²) < 4.78 is 10.9. The Kier molecular flexibility index (Phi) is 2.28. The Morgan fingerprint density at radius 2 is 2.30 bits per heavy atom. The van der Waals surface area contributed by atoms with Crippen LogP contribution in [0.15, 0.2) is 0 Å². The van der Waals surface area contributed by atoms with E-state index in [1.54, 1.807) is 0 Å². The van der Waals surface area contributed by atoms with E-state index in [1.807, 2.05) is 13.8 Å². The second kappa shape index (κ2) is 2.86. The molecule has 0 aromatic rings. The van der Waals surface area contributed by atoms with E-state index in [2.05, 4.69) is 0 Å². The van der Waals surface area contributed by atoms with Crippen LogP contribution in [0.1, 0.15) is 13.8 Å². The lowest BCUT2D eigenvalue weighted by molar-refractivity contribution is -0.178. The van der Waals surface area contributed by atoms with Crippen LogP contribution in [0.4, 0.5) is 0 Å². The van der Waals surface area contributed by atoms with Gasteiger partial charge in [0, 0.05) is 6.54 Å². The van der Waals surface area contributed by atoms with Gasteiger partial charge in [0.15, 0.2) is 0 Å². The number of ether oxygens (including phenoxy) is 2. The molecule has 0 amide bonds. The highest BCUT2D eigenvalue weighted by atomic mass is 16.6. The van der Waals surface area contributed by atoms with Gasteiger partial charge in [-0.1, -0.05) is 0 Å². The van der Waals surface area contributed by atoms with Crippen LogP contribution >= 0.6 is 0 Å². The van der Waals surface area contributed by atoms with Gasteiger partial charge in [-0.2, -0.15) is 0 Å². The third-order valence-corrected chi connectivity index (χ3v) is 1.50. The summed E-state index contributed by atoms with van der Waals surface area (Å²) in [4.78, 5) is 0. The fourth-order valence-corrected chi connectivity index (χ4v) is 1.07. The van der Waals surface area contributed by atoms with E-state index in [0.717, 1.165) is 0 Å². The summed E-state index contributed by atoms with van der Waals surface area (Å²) in [5.41, 5.74) is 5.27. The molecule has 60 valence electrons. The molecular weight excluding hydrogens is 130 g/mol. The number of nitrogens with two attached hydrogens (primary N) is 1. The average molecular weight is 145 g/mol. The lowest BCUT2D eigenvalue weighted by Gasteiger charge is -2.35. The van der Waals surface area contributed by atoms with Crippen molar-refractivity contribution in [2.45, 2.75) is 25.6 Å². The molecule has 1 aliphatic rings. The molecule has 1 fully saturated rings. The summed E-state index contributed by atoms with van der Waals surface area (Å²) in [5.74, 6) is 0. The SMILES string of the molecule is CC1(C)COCC(CN)O1. The Morgan fingerprint density at radius 3 is 2.70 bits per heavy atom. The van der Waals surface area contributed by atoms with E-state index in [4.69, 9.17) is 15.2 Å². The third-order valence-electron chi connectivity index (χ3n) is 1.50. The number of rotatable bonds is 1. The fraction of sp³-hybridized carbons (Fsp3) is 1.00. The van der Waals surface area contributed by atoms with Gasteiger partial charge in [0.2, 0.25) is 0 Å². The first-order valence-corrected chi connectivity index (χ1v) is 3.60. The van der Waals surface area contributed by atoms with E-state index in [0.29, 0.717) is 19.8 Å². The van der Waals surface area contributed by atoms with Crippen molar-refractivity contribution < 1.29 is 9.47 Å². The van der Waals surface area contributed by atoms with E-state index in [9.17, 15) is 0 Å². The lowest BCUT2D eigenvalue weighted by atomic mass is 10.1. The molecule has 1 atom stereocenters. The van der Waals surface area contributed by atoms with Crippen LogP contribution in [-0.4, -0.2) is 31.5 Å². The molecule has 0 aromatic heterocycles. The second-order valence-corrected chi connectivity index (χ2v) is 3.25. The molecule has 0 bridgehead atoms. The predicted octanol–water partition coefficient (Wildman–Crippen LogP) is 0.139. The molecule has 1 unspecified atom stereocenters. The summed E-state index contributed by atoms with van der Waals surface area (Å²) in [6.07, 6.45) is 0.0868. The van der Waals surface area contributed by atoms with Crippen LogP contribution in [0, 0.1) is 0 Å². The normalized spacial score (nSPS) is 32.1. The van der Waals surface area contributed by atoms with Crippen molar-refractivity contribution in [1.82, 2.24) is 0 Å². The molecule has 0 radical (unpaired) electrons. The molecule has 0 spiro atoms. The summed E-state index contributed by atoms with van der Waals surface area (Å²) >= 11 is 0. The van der Waals surface area contributed by atoms with Crippen molar-refractivity contribution >= 4 is 0 Å². The smallest absolute Gasteiger partial charge is 0.0938 e. The quantitative estimate of drug-likeness (QED) is 0.570. The van der Waals surface area contributed by atoms with Crippen LogP contribution in [0.5, 0.6) is 0 Å². The van der Waals surface area contributed by atoms with Crippen LogP contribution in [0.3, 0.4) is 0 Å². The van der Waals surface area contributed by atoms with Gasteiger partial charge < -0.3 is 15.2 Å². The highest BCUT2D eigenvalue weighted by molar-refractivity contribution is 4.75. The molecule has 1 heterocycles. The zero-order valence-corrected chi connectivity index (χ0v) is 6.59. The molecule has 3 heteroatoms. The lowest BCUT2D eigenvalue weighted by Crippen LogP contribution is -2.46. The van der Waals surface area contributed by atoms with Crippen molar-refractivity contribution in [1.29, 1.82) is 0 Å². The summed E-state index contributed by atoms with van der Waals surface area (Å²) in [6.45, 7) is 5.87. The molecule has 10 heavy (non-hydrogen) atoms. The van der Waals surface area contributed by atoms with Gasteiger partial charge in [-0.05, 0) is 13.8 Å². The maximum atomic E-state index is 5.57. The monoisotopic (exact) mass is 145 g/mol. The second-order valence-electron chi connectivity index (χ2n) is 3.25. The van der Waals surface area contributed by atoms with Crippen LogP contribution < -0.4 is 5.73 Å². The third kappa shape index (κ3) is 1.94. The van der Waals surface area contributed by atoms with Gasteiger partial charge in [-0.25, -0.2) is 0 Å². The average Bonchev–Trinajstić information content (AvgIpc) is 1.86. The van der Waals surface area contributed by atoms with E-state index >= 15 is 0 Å². The maximum Gasteiger partial charge on any atom is 0.0938 e. The largest absolute Gasteiger partial charge is 0.376 e. The van der Waals surface area contributed by atoms with Gasteiger partial charge in [-0.15, -0.1) is 0 Å². The Hall–Kier alpha value is -0.120. The molecule has 1 saturated heterocycles. The Balaban J connectivity index is 2.40. The van der Waals surface area contributed by atoms with Gasteiger partial charge >= 0.3 is 0 Å². The van der Waals surface area contributed by atoms with Gasteiger partial charge in [0.1, 0.15) is 0 Å². The van der Waals surface area contributed by atoms with Crippen LogP contribution in [-0.2, 0) is 9.47 Å². The highest BCUT2D eigenvalue weighted by Crippen LogP contribution is 2.17. The van der Waals surface area contributed by atoms with Crippen LogP contribution in [0.25, 0.3) is 0 Å². The minimum atomic E-state index is -0.151. The Labute approximate surface area is 61.5 Å². The van der Waals surface area contributed by atoms with Gasteiger partial charge in [-0.3, -0.25) is 0 Å². The topological polar surface area (TPSA) is 44.5 Å². The minimum Gasteiger partial charge on any atom is -0.376 e. The first-order chi connectivity index (χ1) is 4.64. The van der Waals surface area contributed by atoms with Gasteiger partial charge in [0.25, 0.3) is 0 Å². The fourth-order valence-electron chi connectivity index (χ4n) is 1.07. The van der Waals surface area contributed by atoms with Crippen molar-refractivity contribution in [3.05, 3.63) is 0 Å². The molecule has 0 aromatic carbocycles. The number of hydrogen-bond acceptors (Lipinski definition) is 3. The predicted molar refractivity (Wildman–Crippen MR) is 38.8 cm³/mol. The molecule has 1 aliphatic heterocycles. The molecule has 0 saturated carbocycles. The molecule has 1 rings (SSSR count). The zero-order chi connectivity index (χ0) is 7.61. The van der Waals surface area contributed by atoms with E-state index in [1.165, 1.54) is 0 Å². The van der Waals surface area contributed by atoms with Crippen molar-refractivity contribution in [3.8, 4) is 0 Å². The maximum absolute atomic E-state index is 5.57. The molecular formula is C7H15NO2. The van der Waals surface area contributed by atoms with Crippen molar-refractivity contribution in [3.63, 3.8) is 0 Å². The number of hydrogen-bond donors (Lipinski definition) is 1. The van der Waals surface area contributed by atoms with Gasteiger partial charge in [0.05, 0.1) is 24.9 Å². The highest BCUT2D eigenvalue weighted by Gasteiger charge is 2.28. The molecule has 0 aliphatic carbocycles. The minimum absolute atomic E-state index is 0.0868. The standard InChI is InChI=1S/C7H15NO2/c1-7(2)5-9-4-6(3-8)10-7/h6H,3-5,8H2,1-2H3. The van der Waals surface area contributed by atoms with Crippen molar-refractivity contribution in [2.24, 2.45) is 5.73 Å². The van der Waals surface area contributed by atoms with E-state index in [-0.39, 0.29) is 11.7 Å². The first-order valence-electron chi connectivity index (χ1n) is 3.60. The Bertz CT molecular complexity index is 114. The molecule has 2 N–H and O–H groups in total. The van der Waals surface area contributed by atoms with E-state index < -0.39 is 0 Å². The molecule has 3 nitrogen and oxygen atoms in total. The zero-order valence-electron chi connectivity index (χ0n) is 6.59. The summed E-state index contributed by atoms with van der Waals surface area (Å²) in [7, 11) is 0. The summed E-state index contributed by atoms with van der Waals surface area (Å²) in [5, 5.41) is 0. The Morgan fingerprint density at radius 1 is 1.60 bits per heavy atom. The first kappa shape index (κ1) is 7.98. The van der Waals surface area contributed by atoms with Crippen LogP contribution in [0.2, 0.25) is 0 Å².